The van der Waals surface area contributed by atoms with Gasteiger partial charge in [0.05, 0.1) is 24.6 Å². The number of alkyl carbamates (subject to hydrolysis) is 1. The van der Waals surface area contributed by atoms with Gasteiger partial charge >= 0.3 is 18.2 Å². The Bertz CT molecular complexity index is 2380. The molecule has 0 bridgehead atoms. The summed E-state index contributed by atoms with van der Waals surface area (Å²) in [6.45, 7) is 13.5. The maximum atomic E-state index is 14.4. The van der Waals surface area contributed by atoms with Crippen LogP contribution in [0.25, 0.3) is 10.9 Å². The van der Waals surface area contributed by atoms with Crippen LogP contribution < -0.4 is 21.3 Å². The van der Waals surface area contributed by atoms with E-state index in [1.807, 2.05) is 6.07 Å². The fourth-order valence-electron chi connectivity index (χ4n) is 7.48. The highest BCUT2D eigenvalue weighted by atomic mass is 16.6. The Morgan fingerprint density at radius 2 is 1.43 bits per heavy atom. The number of aromatic nitrogens is 3. The Hall–Kier alpha value is -6.72. The number of nitrogens with one attached hydrogen (secondary N) is 4. The third-order valence-corrected chi connectivity index (χ3v) is 10.5. The number of esters is 1. The molecule has 0 saturated carbocycles. The predicted octanol–water partition coefficient (Wildman–Crippen LogP) is 4.11. The number of para-hydroxylation sites is 1. The highest BCUT2D eigenvalue weighted by Crippen LogP contribution is 2.25. The number of rotatable bonds is 15. The number of carbonyl (C=O) groups is 7. The average Bonchev–Trinajstić information content (AvgIpc) is 3.97. The summed E-state index contributed by atoms with van der Waals surface area (Å²) < 4.78 is 19.2. The fourth-order valence-corrected chi connectivity index (χ4v) is 7.48. The van der Waals surface area contributed by atoms with Gasteiger partial charge in [0, 0.05) is 50.6 Å². The van der Waals surface area contributed by atoms with Gasteiger partial charge in [-0.15, -0.1) is 0 Å². The van der Waals surface area contributed by atoms with E-state index in [9.17, 15) is 33.6 Å². The highest BCUT2D eigenvalue weighted by molar-refractivity contribution is 5.98. The first kappa shape index (κ1) is 49.3. The van der Waals surface area contributed by atoms with Gasteiger partial charge < -0.3 is 44.9 Å². The van der Waals surface area contributed by atoms with Gasteiger partial charge in [-0.3, -0.25) is 23.7 Å². The highest BCUT2D eigenvalue weighted by Gasteiger charge is 2.42. The molecule has 1 fully saturated rings. The van der Waals surface area contributed by atoms with E-state index in [1.165, 1.54) is 30.4 Å². The molecule has 0 spiro atoms. The molecule has 1 aliphatic rings. The van der Waals surface area contributed by atoms with Crippen LogP contribution in [-0.2, 0) is 64.5 Å². The van der Waals surface area contributed by atoms with Crippen LogP contribution in [0.1, 0.15) is 85.1 Å². The van der Waals surface area contributed by atoms with E-state index in [0.29, 0.717) is 28.6 Å². The Kier molecular flexibility index (Phi) is 15.5. The number of amides is 5. The third kappa shape index (κ3) is 13.4. The van der Waals surface area contributed by atoms with Crippen molar-refractivity contribution in [3.63, 3.8) is 0 Å². The molecule has 0 aliphatic carbocycles. The van der Waals surface area contributed by atoms with E-state index in [2.05, 4.69) is 26.3 Å². The number of methoxy groups -OCH3 is 1. The van der Waals surface area contributed by atoms with Gasteiger partial charge in [-0.1, -0.05) is 48.5 Å². The van der Waals surface area contributed by atoms with Gasteiger partial charge in [-0.2, -0.15) is 0 Å². The molecule has 65 heavy (non-hydrogen) atoms. The van der Waals surface area contributed by atoms with Gasteiger partial charge in [0.2, 0.25) is 23.6 Å². The van der Waals surface area contributed by atoms with Crippen molar-refractivity contribution in [2.24, 2.45) is 7.05 Å². The predicted molar refractivity (Wildman–Crippen MR) is 240 cm³/mol. The molecule has 1 saturated heterocycles. The van der Waals surface area contributed by atoms with Crippen molar-refractivity contribution in [3.05, 3.63) is 90.1 Å². The molecular formula is C47H62N8O10. The monoisotopic (exact) mass is 898 g/mol. The number of hydrogen-bond donors (Lipinski definition) is 4. The lowest BCUT2D eigenvalue weighted by atomic mass is 9.99. The van der Waals surface area contributed by atoms with Crippen molar-refractivity contribution in [2.75, 3.05) is 13.7 Å². The van der Waals surface area contributed by atoms with Crippen molar-refractivity contribution < 1.29 is 47.8 Å². The van der Waals surface area contributed by atoms with Crippen LogP contribution in [0, 0.1) is 0 Å². The minimum Gasteiger partial charge on any atom is -0.467 e. The van der Waals surface area contributed by atoms with Crippen LogP contribution in [0.2, 0.25) is 0 Å². The molecule has 5 rings (SSSR count). The second-order valence-electron chi connectivity index (χ2n) is 18.8. The number of nitrogens with zero attached hydrogens (tertiary/aromatic N) is 4. The first-order valence-electron chi connectivity index (χ1n) is 21.6. The summed E-state index contributed by atoms with van der Waals surface area (Å²) in [5, 5.41) is 11.6. The summed E-state index contributed by atoms with van der Waals surface area (Å²) in [6.07, 6.45) is 4.10. The Morgan fingerprint density at radius 3 is 2.06 bits per heavy atom. The largest absolute Gasteiger partial charge is 0.467 e. The van der Waals surface area contributed by atoms with E-state index in [0.717, 1.165) is 5.56 Å². The van der Waals surface area contributed by atoms with Crippen LogP contribution in [0.3, 0.4) is 0 Å². The molecule has 5 amide bonds. The fraction of sp³-hybridized carbons (Fsp3) is 0.489. The van der Waals surface area contributed by atoms with Crippen molar-refractivity contribution in [3.8, 4) is 0 Å². The first-order valence-corrected chi connectivity index (χ1v) is 21.6. The van der Waals surface area contributed by atoms with E-state index < -0.39 is 82.7 Å². The molecule has 0 unspecified atom stereocenters. The molecule has 18 nitrogen and oxygen atoms in total. The number of likely N-dealkylation sites (tertiary alicyclic amines) is 1. The second kappa shape index (κ2) is 20.4. The van der Waals surface area contributed by atoms with E-state index in [4.69, 9.17) is 14.2 Å². The van der Waals surface area contributed by atoms with Crippen molar-refractivity contribution in [1.29, 1.82) is 0 Å². The van der Waals surface area contributed by atoms with Crippen LogP contribution in [0.4, 0.5) is 9.59 Å². The van der Waals surface area contributed by atoms with Crippen molar-refractivity contribution >= 4 is 52.7 Å². The summed E-state index contributed by atoms with van der Waals surface area (Å²) in [6, 6.07) is 11.4. The lowest BCUT2D eigenvalue weighted by Crippen LogP contribution is -2.63. The van der Waals surface area contributed by atoms with Crippen LogP contribution >= 0.6 is 0 Å². The van der Waals surface area contributed by atoms with Crippen LogP contribution in [-0.4, -0.2) is 115 Å². The molecular weight excluding hydrogens is 837 g/mol. The zero-order valence-corrected chi connectivity index (χ0v) is 38.9. The zero-order chi connectivity index (χ0) is 47.9. The minimum absolute atomic E-state index is 0.0275. The second-order valence-corrected chi connectivity index (χ2v) is 18.8. The molecule has 2 aromatic heterocycles. The number of fused-ring (bicyclic) bond motifs is 1. The summed E-state index contributed by atoms with van der Waals surface area (Å²) in [4.78, 5) is 102. The normalized spacial score (nSPS) is 15.6. The molecule has 4 N–H and O–H groups in total. The zero-order valence-electron chi connectivity index (χ0n) is 38.9. The number of aryl methyl sites for hydroxylation is 1. The van der Waals surface area contributed by atoms with Gasteiger partial charge in [-0.05, 0) is 85.4 Å². The van der Waals surface area contributed by atoms with Gasteiger partial charge in [0.15, 0.2) is 0 Å². The molecule has 0 radical (unpaired) electrons. The number of ether oxygens (including phenoxy) is 3. The minimum atomic E-state index is -1.66. The topological polar surface area (TPSA) is 221 Å². The van der Waals surface area contributed by atoms with E-state index >= 15 is 0 Å². The van der Waals surface area contributed by atoms with Crippen molar-refractivity contribution in [1.82, 2.24) is 40.3 Å². The number of imidazole rings is 1. The van der Waals surface area contributed by atoms with Crippen molar-refractivity contribution in [2.45, 2.75) is 128 Å². The average molecular weight is 899 g/mol. The number of benzene rings is 2. The standard InChI is InChI=1S/C47H62N8O10/c1-45(2,3)64-43(61)51-34(25-31-27-53(9)28-48-31)40(58)54-22-16-21-37(54)39(57)52-47(7,8)42(60)50-33(38(56)49-35(41(59)63-10)23-29-17-12-11-13-18-29)24-30-26-55(44(62)65-46(4,5)6)36-20-15-14-19-32(30)36/h11-15,17-20,26-28,33-35,37H,16,21-25H2,1-10H3,(H,49,56)(H,50,60)(H,51,61)(H,52,57)/t33-,34-,35-,37-/m0/s1. The van der Waals surface area contributed by atoms with Crippen LogP contribution in [0.5, 0.6) is 0 Å². The van der Waals surface area contributed by atoms with Gasteiger partial charge in [-0.25, -0.2) is 19.4 Å². The Balaban J connectivity index is 1.40. The third-order valence-electron chi connectivity index (χ3n) is 10.5. The Morgan fingerprint density at radius 1 is 0.769 bits per heavy atom. The maximum Gasteiger partial charge on any atom is 0.419 e. The first-order chi connectivity index (χ1) is 30.4. The van der Waals surface area contributed by atoms with Gasteiger partial charge in [0.25, 0.3) is 0 Å². The molecule has 2 aromatic carbocycles. The van der Waals surface area contributed by atoms with Gasteiger partial charge in [0.1, 0.15) is 40.9 Å². The molecule has 1 aliphatic heterocycles. The Labute approximate surface area is 379 Å². The van der Waals surface area contributed by atoms with E-state index in [1.54, 1.807) is 120 Å². The summed E-state index contributed by atoms with van der Waals surface area (Å²) >= 11 is 0. The maximum absolute atomic E-state index is 14.4. The molecule has 4 atom stereocenters. The number of carbonyl (C=O) groups excluding carboxylic acids is 7. The molecule has 18 heteroatoms. The lowest BCUT2D eigenvalue weighted by Gasteiger charge is -2.33. The van der Waals surface area contributed by atoms with Crippen LogP contribution in [0.15, 0.2) is 73.3 Å². The summed E-state index contributed by atoms with van der Waals surface area (Å²) in [7, 11) is 2.98. The summed E-state index contributed by atoms with van der Waals surface area (Å²) in [5.74, 6) is -3.35. The molecule has 3 heterocycles. The quantitative estimate of drug-likeness (QED) is 0.0983. The van der Waals surface area contributed by atoms with E-state index in [-0.39, 0.29) is 32.2 Å². The lowest BCUT2D eigenvalue weighted by molar-refractivity contribution is -0.145. The summed E-state index contributed by atoms with van der Waals surface area (Å²) in [5.41, 5.74) is -1.02. The number of hydrogen-bond acceptors (Lipinski definition) is 11. The molecule has 350 valence electrons. The molecule has 4 aromatic rings. The SMILES string of the molecule is COC(=O)[C@H](Cc1ccccc1)NC(=O)[C@H](Cc1cn(C(=O)OC(C)(C)C)c2ccccc12)NC(=O)C(C)(C)NC(=O)[C@@H]1CCCN1C(=O)[C@H](Cc1cn(C)cn1)NC(=O)OC(C)(C)C. The smallest absolute Gasteiger partial charge is 0.419 e.